The predicted molar refractivity (Wildman–Crippen MR) is 51.2 cm³/mol. The van der Waals surface area contributed by atoms with Gasteiger partial charge in [-0.3, -0.25) is 0 Å². The van der Waals surface area contributed by atoms with Crippen LogP contribution in [0.15, 0.2) is 23.2 Å². The Morgan fingerprint density at radius 3 is 2.92 bits per heavy atom. The highest BCUT2D eigenvalue weighted by Crippen LogP contribution is 2.13. The lowest BCUT2D eigenvalue weighted by Crippen LogP contribution is -2.30. The summed E-state index contributed by atoms with van der Waals surface area (Å²) in [5, 5.41) is 11.2. The zero-order valence-corrected chi connectivity index (χ0v) is 8.23. The van der Waals surface area contributed by atoms with Crippen molar-refractivity contribution in [3.63, 3.8) is 0 Å². The fourth-order valence-electron chi connectivity index (χ4n) is 1.08. The maximum Gasteiger partial charge on any atom is 0.193 e. The molecule has 1 heterocycles. The average Bonchev–Trinajstić information content (AvgIpc) is 2.09. The molecular weight excluding hydrogens is 170 g/mol. The first-order chi connectivity index (χ1) is 5.77. The van der Waals surface area contributed by atoms with Gasteiger partial charge in [0.15, 0.2) is 11.9 Å². The molecule has 1 aromatic heterocycles. The van der Waals surface area contributed by atoms with Crippen molar-refractivity contribution in [2.45, 2.75) is 24.7 Å². The Hall–Kier alpha value is -0.700. The molecule has 0 radical (unpaired) electrons. The van der Waals surface area contributed by atoms with Crippen LogP contribution in [0.3, 0.4) is 0 Å². The molecule has 0 unspecified atom stereocenters. The van der Waals surface area contributed by atoms with E-state index in [1.807, 2.05) is 18.4 Å². The molecule has 0 aliphatic heterocycles. The van der Waals surface area contributed by atoms with E-state index in [9.17, 15) is 5.21 Å². The Bertz CT molecular complexity index is 263. The molecule has 0 aliphatic carbocycles. The Labute approximate surface area is 77.2 Å². The first kappa shape index (κ1) is 9.39. The van der Waals surface area contributed by atoms with Crippen molar-refractivity contribution in [1.29, 1.82) is 0 Å². The number of aryl methyl sites for hydroxylation is 1. The molecule has 0 saturated carbocycles. The number of rotatable bonds is 3. The van der Waals surface area contributed by atoms with Crippen molar-refractivity contribution >= 4 is 11.8 Å². The van der Waals surface area contributed by atoms with Gasteiger partial charge in [-0.1, -0.05) is 6.92 Å². The molecule has 1 aromatic rings. The summed E-state index contributed by atoms with van der Waals surface area (Å²) in [6.45, 7) is 2.08. The van der Waals surface area contributed by atoms with Gasteiger partial charge >= 0.3 is 0 Å². The fourth-order valence-corrected chi connectivity index (χ4v) is 1.53. The number of nitrogens with zero attached hydrogens (tertiary/aromatic N) is 1. The third-order valence-electron chi connectivity index (χ3n) is 1.71. The van der Waals surface area contributed by atoms with E-state index >= 15 is 0 Å². The fraction of sp³-hybridized carbons (Fsp3) is 0.444. The van der Waals surface area contributed by atoms with Crippen LogP contribution in [0.2, 0.25) is 0 Å². The molecule has 0 bridgehead atoms. The lowest BCUT2D eigenvalue weighted by molar-refractivity contribution is -0.614. The first-order valence-electron chi connectivity index (χ1n) is 4.04. The molecule has 0 saturated heterocycles. The quantitative estimate of drug-likeness (QED) is 0.407. The lowest BCUT2D eigenvalue weighted by atomic mass is 10.2. The van der Waals surface area contributed by atoms with Crippen LogP contribution in [0.5, 0.6) is 0 Å². The summed E-state index contributed by atoms with van der Waals surface area (Å²) in [7, 11) is 0. The van der Waals surface area contributed by atoms with Gasteiger partial charge in [-0.25, -0.2) is 0 Å². The normalized spacial score (nSPS) is 10.2. The Balaban J connectivity index is 2.91. The maximum absolute atomic E-state index is 11.2. The minimum atomic E-state index is 0.859. The summed E-state index contributed by atoms with van der Waals surface area (Å²) in [5.74, 6) is 0. The summed E-state index contributed by atoms with van der Waals surface area (Å²) in [4.78, 5) is 1.16. The highest BCUT2D eigenvalue weighted by Gasteiger charge is 2.04. The second kappa shape index (κ2) is 4.36. The number of hydrogen-bond donors (Lipinski definition) is 0. The first-order valence-corrected chi connectivity index (χ1v) is 5.26. The zero-order valence-electron chi connectivity index (χ0n) is 7.41. The minimum absolute atomic E-state index is 0.859. The van der Waals surface area contributed by atoms with Crippen LogP contribution in [-0.2, 0) is 6.42 Å². The van der Waals surface area contributed by atoms with Gasteiger partial charge in [-0.2, -0.15) is 4.73 Å². The summed E-state index contributed by atoms with van der Waals surface area (Å²) in [5.41, 5.74) is 0.865. The molecule has 3 heteroatoms. The molecule has 66 valence electrons. The topological polar surface area (TPSA) is 26.9 Å². The van der Waals surface area contributed by atoms with Crippen LogP contribution >= 0.6 is 11.8 Å². The molecule has 0 aliphatic rings. The van der Waals surface area contributed by atoms with Crippen molar-refractivity contribution in [2.75, 3.05) is 6.26 Å². The van der Waals surface area contributed by atoms with Crippen LogP contribution in [0.4, 0.5) is 0 Å². The number of pyridine rings is 1. The molecule has 0 amide bonds. The van der Waals surface area contributed by atoms with Crippen molar-refractivity contribution in [1.82, 2.24) is 0 Å². The van der Waals surface area contributed by atoms with Gasteiger partial charge in [-0.05, 0) is 12.7 Å². The van der Waals surface area contributed by atoms with E-state index < -0.39 is 0 Å². The Morgan fingerprint density at radius 2 is 2.33 bits per heavy atom. The second-order valence-corrected chi connectivity index (χ2v) is 3.51. The highest BCUT2D eigenvalue weighted by molar-refractivity contribution is 7.98. The van der Waals surface area contributed by atoms with E-state index in [0.717, 1.165) is 28.2 Å². The molecule has 0 N–H and O–H groups in total. The van der Waals surface area contributed by atoms with E-state index in [2.05, 4.69) is 6.92 Å². The molecule has 0 aromatic carbocycles. The van der Waals surface area contributed by atoms with Crippen LogP contribution in [0, 0.1) is 5.21 Å². The third-order valence-corrected chi connectivity index (χ3v) is 2.43. The highest BCUT2D eigenvalue weighted by atomic mass is 32.2. The van der Waals surface area contributed by atoms with Crippen LogP contribution in [0.1, 0.15) is 19.0 Å². The Kier molecular flexibility index (Phi) is 3.41. The van der Waals surface area contributed by atoms with Crippen molar-refractivity contribution < 1.29 is 4.73 Å². The average molecular weight is 183 g/mol. The van der Waals surface area contributed by atoms with Gasteiger partial charge in [0, 0.05) is 23.4 Å². The van der Waals surface area contributed by atoms with Crippen molar-refractivity contribution in [3.05, 3.63) is 29.2 Å². The Morgan fingerprint density at radius 1 is 1.58 bits per heavy atom. The van der Waals surface area contributed by atoms with Gasteiger partial charge in [-0.15, -0.1) is 11.8 Å². The van der Waals surface area contributed by atoms with Gasteiger partial charge in [0.05, 0.1) is 0 Å². The number of hydrogen-bond acceptors (Lipinski definition) is 2. The smallest absolute Gasteiger partial charge is 0.193 e. The van der Waals surface area contributed by atoms with Gasteiger partial charge in [0.25, 0.3) is 0 Å². The summed E-state index contributed by atoms with van der Waals surface area (Å²) >= 11 is 1.67. The molecule has 0 atom stereocenters. The number of aromatic nitrogens is 1. The summed E-state index contributed by atoms with van der Waals surface area (Å²) < 4.78 is 0.948. The van der Waals surface area contributed by atoms with Crippen LogP contribution in [-0.4, -0.2) is 6.26 Å². The third kappa shape index (κ3) is 2.14. The molecule has 0 spiro atoms. The largest absolute Gasteiger partial charge is 0.619 e. The minimum Gasteiger partial charge on any atom is -0.619 e. The standard InChI is InChI=1S/C9H13NOS/c1-3-4-8-7-9(12-2)5-6-10(8)11/h5-7H,3-4H2,1-2H3. The molecule has 1 rings (SSSR count). The zero-order chi connectivity index (χ0) is 8.97. The number of thioether (sulfide) groups is 1. The molecule has 2 nitrogen and oxygen atoms in total. The van der Waals surface area contributed by atoms with E-state index in [0.29, 0.717) is 0 Å². The lowest BCUT2D eigenvalue weighted by Gasteiger charge is -2.03. The van der Waals surface area contributed by atoms with Crippen LogP contribution in [0.25, 0.3) is 0 Å². The van der Waals surface area contributed by atoms with E-state index in [4.69, 9.17) is 0 Å². The van der Waals surface area contributed by atoms with Gasteiger partial charge < -0.3 is 5.21 Å². The predicted octanol–water partition coefficient (Wildman–Crippen LogP) is 1.99. The van der Waals surface area contributed by atoms with Crippen molar-refractivity contribution in [3.8, 4) is 0 Å². The van der Waals surface area contributed by atoms with Gasteiger partial charge in [0.1, 0.15) is 0 Å². The maximum atomic E-state index is 11.2. The van der Waals surface area contributed by atoms with E-state index in [1.54, 1.807) is 18.0 Å². The second-order valence-electron chi connectivity index (χ2n) is 2.63. The molecule has 12 heavy (non-hydrogen) atoms. The van der Waals surface area contributed by atoms with Crippen LogP contribution < -0.4 is 4.73 Å². The summed E-state index contributed by atoms with van der Waals surface area (Å²) in [6, 6.07) is 3.80. The molecular formula is C9H13NOS. The van der Waals surface area contributed by atoms with Gasteiger partial charge in [0.2, 0.25) is 0 Å². The van der Waals surface area contributed by atoms with E-state index in [1.165, 1.54) is 0 Å². The SMILES string of the molecule is CCCc1cc(SC)cc[n+]1[O-]. The van der Waals surface area contributed by atoms with E-state index in [-0.39, 0.29) is 0 Å². The summed E-state index contributed by atoms with van der Waals surface area (Å²) in [6.07, 6.45) is 5.47. The molecule has 0 fully saturated rings. The monoisotopic (exact) mass is 183 g/mol. The van der Waals surface area contributed by atoms with Crippen molar-refractivity contribution in [2.24, 2.45) is 0 Å².